The molecule has 140 valence electrons. The van der Waals surface area contributed by atoms with Crippen molar-refractivity contribution in [2.45, 2.75) is 6.92 Å². The second-order valence-corrected chi connectivity index (χ2v) is 8.36. The molecule has 3 rings (SSSR count). The van der Waals surface area contributed by atoms with E-state index in [4.69, 9.17) is 4.74 Å². The Morgan fingerprint density at radius 2 is 1.96 bits per heavy atom. The number of aliphatic imine (C=N–C) groups is 1. The highest BCUT2D eigenvalue weighted by Crippen LogP contribution is 2.38. The van der Waals surface area contributed by atoms with Gasteiger partial charge in [-0.15, -0.1) is 0 Å². The molecule has 0 aromatic heterocycles. The number of likely N-dealkylation sites (N-methyl/N-ethyl adjacent to an activating group) is 1. The van der Waals surface area contributed by atoms with Gasteiger partial charge in [-0.25, -0.2) is 4.99 Å². The maximum absolute atomic E-state index is 12.8. The Labute approximate surface area is 178 Å². The van der Waals surface area contributed by atoms with E-state index in [1.54, 1.807) is 30.2 Å². The predicted octanol–water partition coefficient (Wildman–Crippen LogP) is 5.55. The number of methoxy groups -OCH3 is 1. The number of thioether (sulfide) groups is 1. The van der Waals surface area contributed by atoms with E-state index in [0.717, 1.165) is 15.9 Å². The van der Waals surface area contributed by atoms with Crippen LogP contribution in [0.4, 0.5) is 5.69 Å². The van der Waals surface area contributed by atoms with Crippen LogP contribution in [0.15, 0.2) is 55.2 Å². The lowest BCUT2D eigenvalue weighted by atomic mass is 10.2. The summed E-state index contributed by atoms with van der Waals surface area (Å²) in [5.74, 6) is 0.700. The van der Waals surface area contributed by atoms with Gasteiger partial charge in [0, 0.05) is 16.6 Å². The molecule has 1 heterocycles. The molecule has 0 aliphatic carbocycles. The van der Waals surface area contributed by atoms with Crippen LogP contribution >= 0.6 is 43.6 Å². The first-order valence-corrected chi connectivity index (χ1v) is 10.4. The van der Waals surface area contributed by atoms with E-state index in [2.05, 4.69) is 36.9 Å². The average Bonchev–Trinajstić information content (AvgIpc) is 2.94. The van der Waals surface area contributed by atoms with E-state index in [-0.39, 0.29) is 11.7 Å². The summed E-state index contributed by atoms with van der Waals surface area (Å²) < 4.78 is 6.51. The van der Waals surface area contributed by atoms with Gasteiger partial charge < -0.3 is 9.84 Å². The van der Waals surface area contributed by atoms with Gasteiger partial charge in [-0.05, 0) is 77.1 Å². The van der Waals surface area contributed by atoms with Crippen LogP contribution in [-0.4, -0.2) is 34.7 Å². The number of hydrogen-bond donors (Lipinski definition) is 1. The fraction of sp³-hybridized carbons (Fsp3) is 0.158. The highest BCUT2D eigenvalue weighted by Gasteiger charge is 2.32. The monoisotopic (exact) mass is 510 g/mol. The van der Waals surface area contributed by atoms with Gasteiger partial charge in [0.05, 0.1) is 22.2 Å². The van der Waals surface area contributed by atoms with Crippen LogP contribution in [0, 0.1) is 0 Å². The molecule has 0 unspecified atom stereocenters. The lowest BCUT2D eigenvalue weighted by molar-refractivity contribution is -0.122. The number of nitrogens with zero attached hydrogens (tertiary/aromatic N) is 2. The smallest absolute Gasteiger partial charge is 0.266 e. The molecule has 0 bridgehead atoms. The van der Waals surface area contributed by atoms with Gasteiger partial charge in [-0.2, -0.15) is 0 Å². The topological polar surface area (TPSA) is 62.1 Å². The van der Waals surface area contributed by atoms with Crippen LogP contribution in [0.1, 0.15) is 12.5 Å². The second kappa shape index (κ2) is 8.50. The van der Waals surface area contributed by atoms with Crippen LogP contribution < -0.4 is 4.74 Å². The van der Waals surface area contributed by atoms with Crippen molar-refractivity contribution >= 4 is 66.5 Å². The number of carbonyl (C=O) groups is 1. The van der Waals surface area contributed by atoms with Gasteiger partial charge in [0.15, 0.2) is 5.17 Å². The summed E-state index contributed by atoms with van der Waals surface area (Å²) in [5, 5.41) is 10.9. The van der Waals surface area contributed by atoms with Crippen molar-refractivity contribution in [1.29, 1.82) is 0 Å². The second-order valence-electron chi connectivity index (χ2n) is 5.58. The lowest BCUT2D eigenvalue weighted by Gasteiger charge is -2.12. The zero-order valence-electron chi connectivity index (χ0n) is 14.6. The van der Waals surface area contributed by atoms with Crippen molar-refractivity contribution in [3.05, 3.63) is 55.8 Å². The number of ether oxygens (including phenoxy) is 1. The van der Waals surface area contributed by atoms with Gasteiger partial charge in [0.2, 0.25) is 0 Å². The molecule has 27 heavy (non-hydrogen) atoms. The average molecular weight is 512 g/mol. The minimum atomic E-state index is -0.134. The number of phenolic OH excluding ortho intramolecular Hbond substituents is 1. The minimum absolute atomic E-state index is 0.0858. The summed E-state index contributed by atoms with van der Waals surface area (Å²) >= 11 is 7.99. The van der Waals surface area contributed by atoms with Crippen LogP contribution in [0.2, 0.25) is 0 Å². The molecule has 8 heteroatoms. The first-order chi connectivity index (χ1) is 12.9. The SMILES string of the molecule is CCN1C(=O)/C(=C\c2cc(Br)cc(Br)c2O)SC1=Nc1ccc(OC)cc1. The largest absolute Gasteiger partial charge is 0.506 e. The Hall–Kier alpha value is -1.77. The normalized spacial score (nSPS) is 17.2. The number of hydrogen-bond acceptors (Lipinski definition) is 5. The summed E-state index contributed by atoms with van der Waals surface area (Å²) in [4.78, 5) is 19.5. The molecule has 1 saturated heterocycles. The van der Waals surface area contributed by atoms with E-state index >= 15 is 0 Å². The van der Waals surface area contributed by atoms with Crippen molar-refractivity contribution in [3.8, 4) is 11.5 Å². The van der Waals surface area contributed by atoms with Gasteiger partial charge in [-0.3, -0.25) is 9.69 Å². The number of amides is 1. The number of aromatic hydroxyl groups is 1. The Balaban J connectivity index is 1.96. The molecule has 1 N–H and O–H groups in total. The van der Waals surface area contributed by atoms with Crippen LogP contribution in [0.25, 0.3) is 6.08 Å². The minimum Gasteiger partial charge on any atom is -0.506 e. The molecule has 2 aromatic rings. The Morgan fingerprint density at radius 3 is 2.59 bits per heavy atom. The van der Waals surface area contributed by atoms with Gasteiger partial charge in [0.25, 0.3) is 5.91 Å². The van der Waals surface area contributed by atoms with E-state index < -0.39 is 0 Å². The first-order valence-electron chi connectivity index (χ1n) is 8.05. The zero-order chi connectivity index (χ0) is 19.6. The molecule has 1 aliphatic heterocycles. The summed E-state index contributed by atoms with van der Waals surface area (Å²) in [6.07, 6.45) is 1.68. The third-order valence-electron chi connectivity index (χ3n) is 3.85. The Morgan fingerprint density at radius 1 is 1.26 bits per heavy atom. The van der Waals surface area contributed by atoms with Gasteiger partial charge in [0.1, 0.15) is 11.5 Å². The highest BCUT2D eigenvalue weighted by molar-refractivity contribution is 9.11. The molecule has 0 saturated carbocycles. The zero-order valence-corrected chi connectivity index (χ0v) is 18.6. The fourth-order valence-electron chi connectivity index (χ4n) is 2.47. The van der Waals surface area contributed by atoms with Crippen molar-refractivity contribution < 1.29 is 14.6 Å². The first kappa shape index (κ1) is 20.0. The summed E-state index contributed by atoms with van der Waals surface area (Å²) in [6, 6.07) is 10.8. The molecule has 1 amide bonds. The maximum Gasteiger partial charge on any atom is 0.266 e. The molecule has 0 radical (unpaired) electrons. The molecular formula is C19H16Br2N2O3S. The van der Waals surface area contributed by atoms with Crippen LogP contribution in [0.5, 0.6) is 11.5 Å². The summed E-state index contributed by atoms with van der Waals surface area (Å²) in [6.45, 7) is 2.41. The van der Waals surface area contributed by atoms with E-state index in [1.807, 2.05) is 31.2 Å². The van der Waals surface area contributed by atoms with E-state index in [9.17, 15) is 9.90 Å². The fourth-order valence-corrected chi connectivity index (χ4v) is 4.79. The molecule has 0 spiro atoms. The molecule has 2 aromatic carbocycles. The van der Waals surface area contributed by atoms with Gasteiger partial charge >= 0.3 is 0 Å². The number of carbonyl (C=O) groups excluding carboxylic acids is 1. The number of amidine groups is 1. The third-order valence-corrected chi connectivity index (χ3v) is 5.91. The predicted molar refractivity (Wildman–Crippen MR) is 117 cm³/mol. The summed E-state index contributed by atoms with van der Waals surface area (Å²) in [5.41, 5.74) is 1.28. The molecule has 0 atom stereocenters. The highest BCUT2D eigenvalue weighted by atomic mass is 79.9. The van der Waals surface area contributed by atoms with Crippen molar-refractivity contribution in [3.63, 3.8) is 0 Å². The van der Waals surface area contributed by atoms with Crippen molar-refractivity contribution in [1.82, 2.24) is 4.90 Å². The maximum atomic E-state index is 12.8. The standard InChI is InChI=1S/C19H16Br2N2O3S/c1-3-23-18(25)16(9-11-8-12(20)10-15(21)17(11)24)27-19(23)22-13-4-6-14(26-2)7-5-13/h4-10,24H,3H2,1-2H3/b16-9+,22-19?. The number of phenols is 1. The lowest BCUT2D eigenvalue weighted by Crippen LogP contribution is -2.28. The van der Waals surface area contributed by atoms with E-state index in [0.29, 0.717) is 26.7 Å². The quantitative estimate of drug-likeness (QED) is 0.546. The number of benzene rings is 2. The van der Waals surface area contributed by atoms with E-state index in [1.165, 1.54) is 11.8 Å². The molecule has 1 fully saturated rings. The number of rotatable bonds is 4. The number of halogens is 2. The molecule has 1 aliphatic rings. The Kier molecular flexibility index (Phi) is 6.29. The van der Waals surface area contributed by atoms with Crippen LogP contribution in [0.3, 0.4) is 0 Å². The van der Waals surface area contributed by atoms with Crippen molar-refractivity contribution in [2.24, 2.45) is 4.99 Å². The van der Waals surface area contributed by atoms with Gasteiger partial charge in [-0.1, -0.05) is 15.9 Å². The molecular weight excluding hydrogens is 496 g/mol. The van der Waals surface area contributed by atoms with Crippen LogP contribution in [-0.2, 0) is 4.79 Å². The van der Waals surface area contributed by atoms with Crippen molar-refractivity contribution in [2.75, 3.05) is 13.7 Å². The molecule has 5 nitrogen and oxygen atoms in total. The third kappa shape index (κ3) is 4.39. The Bertz CT molecular complexity index is 943. The summed E-state index contributed by atoms with van der Waals surface area (Å²) in [7, 11) is 1.61.